The molecule has 0 amide bonds. The molecule has 7 aromatic carbocycles. The second-order valence-corrected chi connectivity index (χ2v) is 29.2. The van der Waals surface area contributed by atoms with Crippen molar-refractivity contribution in [2.24, 2.45) is 11.8 Å². The van der Waals surface area contributed by atoms with Crippen molar-refractivity contribution in [3.63, 3.8) is 0 Å². The Hall–Kier alpha value is -7.88. The predicted octanol–water partition coefficient (Wildman–Crippen LogP) is 11.6. The number of allylic oxidation sites excluding steroid dienone is 2. The van der Waals surface area contributed by atoms with Crippen molar-refractivity contribution in [3.05, 3.63) is 234 Å². The van der Waals surface area contributed by atoms with Crippen LogP contribution in [0.25, 0.3) is 0 Å². The molecule has 84 heavy (non-hydrogen) atoms. The molecule has 0 bridgehead atoms. The summed E-state index contributed by atoms with van der Waals surface area (Å²) in [6, 6.07) is 52.1. The molecule has 20 heteroatoms. The van der Waals surface area contributed by atoms with E-state index >= 15 is 26.3 Å². The third-order valence-electron chi connectivity index (χ3n) is 14.8. The van der Waals surface area contributed by atoms with Crippen molar-refractivity contribution in [3.8, 4) is 5.75 Å². The van der Waals surface area contributed by atoms with Crippen molar-refractivity contribution in [2.75, 3.05) is 40.8 Å². The molecule has 0 unspecified atom stereocenters. The van der Waals surface area contributed by atoms with E-state index in [0.717, 1.165) is 28.4 Å². The number of hydrogen-bond acceptors (Lipinski definition) is 11. The number of alkyl halides is 6. The van der Waals surface area contributed by atoms with Gasteiger partial charge in [-0.2, -0.15) is 0 Å². The Morgan fingerprint density at radius 2 is 0.619 bits per heavy atom. The van der Waals surface area contributed by atoms with E-state index in [2.05, 4.69) is 0 Å². The standard InChI is InChI=1S/C64H63BF6O11P2/c1-44(2)55(57(59(72)76-5)60(73)77-6)42-83(49-27-15-9-16-28-49,50-29-17-10-18-30-50,51-31-19-11-20-32-51)81-65(80-48-40-46(63(66,67)68)39-47(41-48)64(69,70)71)82-84(52-33-21-12-22-34-52,53-35-23-13-24-36-53,54-37-25-14-26-38-54)43-56(45(3)4)58(61(74)78-7)62(75)79-8/h9-41,44-45H,42-43H2,1-8H3. The van der Waals surface area contributed by atoms with Gasteiger partial charge < -0.3 is 0 Å². The molecule has 0 radical (unpaired) electrons. The van der Waals surface area contributed by atoms with E-state index < -0.39 is 109 Å². The van der Waals surface area contributed by atoms with Crippen LogP contribution in [0.3, 0.4) is 0 Å². The van der Waals surface area contributed by atoms with Gasteiger partial charge in [-0.05, 0) is 0 Å². The average molecular weight is 1190 g/mol. The molecule has 0 saturated carbocycles. The van der Waals surface area contributed by atoms with Gasteiger partial charge in [0.25, 0.3) is 0 Å². The molecule has 0 N–H and O–H groups in total. The molecule has 7 aromatic rings. The summed E-state index contributed by atoms with van der Waals surface area (Å²) < 4.78 is 136. The zero-order valence-corrected chi connectivity index (χ0v) is 49.1. The molecule has 0 heterocycles. The second-order valence-electron chi connectivity index (χ2n) is 20.2. The van der Waals surface area contributed by atoms with Crippen LogP contribution in [0.1, 0.15) is 38.8 Å². The van der Waals surface area contributed by atoms with Gasteiger partial charge in [0, 0.05) is 0 Å². The van der Waals surface area contributed by atoms with E-state index in [-0.39, 0.29) is 17.2 Å². The number of hydrogen-bond donors (Lipinski definition) is 0. The summed E-state index contributed by atoms with van der Waals surface area (Å²) in [5, 5.41) is 2.03. The number of esters is 4. The maximum atomic E-state index is 15.2. The van der Waals surface area contributed by atoms with E-state index in [4.69, 9.17) is 32.5 Å². The molecule has 0 aliphatic rings. The van der Waals surface area contributed by atoms with Crippen LogP contribution in [-0.4, -0.2) is 72.0 Å². The third-order valence-corrected chi connectivity index (χ3v) is 26.3. The van der Waals surface area contributed by atoms with Crippen molar-refractivity contribution < 1.29 is 78.0 Å². The van der Waals surface area contributed by atoms with Crippen LogP contribution in [-0.2, 0) is 59.4 Å². The van der Waals surface area contributed by atoms with Crippen molar-refractivity contribution in [1.82, 2.24) is 0 Å². The molecule has 0 aromatic heterocycles. The third kappa shape index (κ3) is 12.2. The Bertz CT molecular complexity index is 3050. The average Bonchev–Trinajstić information content (AvgIpc) is 0.723. The number of carbonyl (C=O) groups excluding carboxylic acids is 4. The fraction of sp³-hybridized carbons (Fsp3) is 0.219. The summed E-state index contributed by atoms with van der Waals surface area (Å²) in [5.41, 5.74) is -4.33. The maximum absolute atomic E-state index is 15.2. The molecule has 440 valence electrons. The number of halogens is 6. The second kappa shape index (κ2) is 25.9. The van der Waals surface area contributed by atoms with Gasteiger partial charge in [-0.1, -0.05) is 0 Å². The summed E-state index contributed by atoms with van der Waals surface area (Å²) in [5.74, 6) is -6.91. The first-order valence-corrected chi connectivity index (χ1v) is 31.1. The van der Waals surface area contributed by atoms with Gasteiger partial charge in [0.1, 0.15) is 0 Å². The first-order valence-electron chi connectivity index (χ1n) is 26.4. The van der Waals surface area contributed by atoms with Crippen LogP contribution < -0.4 is 36.5 Å². The van der Waals surface area contributed by atoms with Crippen molar-refractivity contribution in [1.29, 1.82) is 0 Å². The molecular formula is C64H63BF6O11P2. The topological polar surface area (TPSA) is 133 Å². The molecule has 7 rings (SSSR count). The van der Waals surface area contributed by atoms with Gasteiger partial charge >= 0.3 is 487 Å². The Morgan fingerprint density at radius 1 is 0.393 bits per heavy atom. The Labute approximate surface area is 484 Å². The van der Waals surface area contributed by atoms with Gasteiger partial charge in [-0.25, -0.2) is 0 Å². The Kier molecular flexibility index (Phi) is 19.7. The summed E-state index contributed by atoms with van der Waals surface area (Å²) in [7, 11) is 1.79. The first-order chi connectivity index (χ1) is 39.9. The summed E-state index contributed by atoms with van der Waals surface area (Å²) in [6.45, 7) is -4.23. The monoisotopic (exact) mass is 1190 g/mol. The van der Waals surface area contributed by atoms with Crippen molar-refractivity contribution >= 4 is 76.7 Å². The fourth-order valence-electron chi connectivity index (χ4n) is 10.7. The van der Waals surface area contributed by atoms with E-state index in [1.54, 1.807) is 210 Å². The Balaban J connectivity index is 1.85. The molecule has 0 aliphatic carbocycles. The van der Waals surface area contributed by atoms with Gasteiger partial charge in [0.15, 0.2) is 0 Å². The molecule has 0 saturated heterocycles. The SMILES string of the molecule is COC(=O)C(C(=O)OC)=C(CP(OB(Oc1cc(C(F)(F)F)cc(C(F)(F)F)c1)OP(CC(=C(C(=O)OC)C(=O)OC)C(C)C)(c1ccccc1)(c1ccccc1)c1ccccc1)(c1ccccc1)(c1ccccc1)c1ccccc1)C(C)C. The van der Waals surface area contributed by atoms with E-state index in [9.17, 15) is 19.2 Å². The molecule has 0 fully saturated rings. The first kappa shape index (κ1) is 63.7. The number of benzene rings is 7. The van der Waals surface area contributed by atoms with Gasteiger partial charge in [-0.15, -0.1) is 0 Å². The van der Waals surface area contributed by atoms with Crippen LogP contribution in [0.15, 0.2) is 222 Å². The number of ether oxygens (including phenoxy) is 4. The molecule has 0 aliphatic heterocycles. The van der Waals surface area contributed by atoms with Crippen LogP contribution in [0.2, 0.25) is 0 Å². The van der Waals surface area contributed by atoms with Crippen molar-refractivity contribution in [2.45, 2.75) is 40.0 Å². The normalized spacial score (nSPS) is 12.8. The molecule has 11 nitrogen and oxygen atoms in total. The number of carbonyl (C=O) groups is 4. The Morgan fingerprint density at radius 3 is 0.810 bits per heavy atom. The van der Waals surface area contributed by atoms with Gasteiger partial charge in [-0.3, -0.25) is 0 Å². The van der Waals surface area contributed by atoms with Crippen LogP contribution in [0.5, 0.6) is 5.75 Å². The van der Waals surface area contributed by atoms with E-state index in [1.807, 2.05) is 0 Å². The summed E-state index contributed by atoms with van der Waals surface area (Å²) in [6.07, 6.45) is -11.7. The minimum atomic E-state index is -5.54. The minimum absolute atomic E-state index is 0.0405. The molecular weight excluding hydrogens is 1130 g/mol. The molecule has 0 atom stereocenters. The molecule has 0 spiro atoms. The zero-order chi connectivity index (χ0) is 61.1. The van der Waals surface area contributed by atoms with E-state index in [0.29, 0.717) is 44.0 Å². The predicted molar refractivity (Wildman–Crippen MR) is 317 cm³/mol. The van der Waals surface area contributed by atoms with Gasteiger partial charge in [0.2, 0.25) is 0 Å². The van der Waals surface area contributed by atoms with Crippen LogP contribution in [0, 0.1) is 11.8 Å². The van der Waals surface area contributed by atoms with Gasteiger partial charge in [0.05, 0.1) is 0 Å². The van der Waals surface area contributed by atoms with Crippen LogP contribution >= 0.6 is 13.7 Å². The van der Waals surface area contributed by atoms with E-state index in [1.165, 1.54) is 0 Å². The zero-order valence-electron chi connectivity index (χ0n) is 47.4. The van der Waals surface area contributed by atoms with Crippen LogP contribution in [0.4, 0.5) is 26.3 Å². The quantitative estimate of drug-likeness (QED) is 0.00939. The number of rotatable bonds is 22. The summed E-state index contributed by atoms with van der Waals surface area (Å²) >= 11 is 0. The fourth-order valence-corrected chi connectivity index (χ4v) is 22.7. The number of methoxy groups -OCH3 is 4. The summed E-state index contributed by atoms with van der Waals surface area (Å²) in [4.78, 5) is 57.2.